The average Bonchev–Trinajstić information content (AvgIpc) is 2.41. The van der Waals surface area contributed by atoms with Gasteiger partial charge in [0.25, 0.3) is 0 Å². The Bertz CT molecular complexity index is 471. The molecule has 1 saturated carbocycles. The van der Waals surface area contributed by atoms with E-state index in [1.165, 1.54) is 32.0 Å². The van der Waals surface area contributed by atoms with E-state index in [0.29, 0.717) is 22.2 Å². The third-order valence-corrected chi connectivity index (χ3v) is 4.68. The quantitative estimate of drug-likeness (QED) is 0.870. The maximum atomic E-state index is 6.27. The molecule has 3 nitrogen and oxygen atoms in total. The second-order valence-corrected chi connectivity index (χ2v) is 7.06. The van der Waals surface area contributed by atoms with Gasteiger partial charge in [0.1, 0.15) is 17.2 Å². The van der Waals surface area contributed by atoms with Gasteiger partial charge in [-0.15, -0.1) is 0 Å². The highest BCUT2D eigenvalue weighted by Crippen LogP contribution is 2.38. The van der Waals surface area contributed by atoms with Gasteiger partial charge in [-0.2, -0.15) is 0 Å². The summed E-state index contributed by atoms with van der Waals surface area (Å²) >= 11 is 6.27. The van der Waals surface area contributed by atoms with Crippen LogP contribution in [0.15, 0.2) is 12.9 Å². The van der Waals surface area contributed by atoms with Crippen LogP contribution in [0.2, 0.25) is 5.02 Å². The molecule has 1 aromatic rings. The topological polar surface area (TPSA) is 37.8 Å². The molecule has 0 unspecified atom stereocenters. The summed E-state index contributed by atoms with van der Waals surface area (Å²) in [5.74, 6) is 1.54. The van der Waals surface area contributed by atoms with Gasteiger partial charge in [0.2, 0.25) is 0 Å². The van der Waals surface area contributed by atoms with Crippen LogP contribution in [-0.4, -0.2) is 16.0 Å². The zero-order valence-electron chi connectivity index (χ0n) is 12.6. The summed E-state index contributed by atoms with van der Waals surface area (Å²) in [5, 5.41) is 4.03. The van der Waals surface area contributed by atoms with Gasteiger partial charge >= 0.3 is 0 Å². The average molecular weight is 294 g/mol. The van der Waals surface area contributed by atoms with Gasteiger partial charge in [-0.05, 0) is 43.1 Å². The number of nitrogens with one attached hydrogen (secondary N) is 1. The highest BCUT2D eigenvalue weighted by atomic mass is 35.5. The van der Waals surface area contributed by atoms with Crippen LogP contribution in [0.3, 0.4) is 0 Å². The van der Waals surface area contributed by atoms with Crippen LogP contribution >= 0.6 is 11.6 Å². The van der Waals surface area contributed by atoms with Gasteiger partial charge in [-0.3, -0.25) is 0 Å². The largest absolute Gasteiger partial charge is 0.366 e. The van der Waals surface area contributed by atoms with Gasteiger partial charge in [0, 0.05) is 6.04 Å². The molecular formula is C16H24ClN3. The van der Waals surface area contributed by atoms with E-state index in [1.54, 1.807) is 6.08 Å². The molecule has 0 radical (unpaired) electrons. The fraction of sp³-hybridized carbons (Fsp3) is 0.625. The second kappa shape index (κ2) is 6.13. The number of hydrogen-bond acceptors (Lipinski definition) is 3. The summed E-state index contributed by atoms with van der Waals surface area (Å²) in [6.07, 6.45) is 8.06. The number of hydrogen-bond donors (Lipinski definition) is 1. The predicted octanol–water partition coefficient (Wildman–Crippen LogP) is 4.79. The Balaban J connectivity index is 1.98. The van der Waals surface area contributed by atoms with E-state index >= 15 is 0 Å². The molecule has 0 atom stereocenters. The molecule has 0 aromatic carbocycles. The molecule has 1 fully saturated rings. The summed E-state index contributed by atoms with van der Waals surface area (Å²) in [7, 11) is 0. The van der Waals surface area contributed by atoms with E-state index in [2.05, 4.69) is 42.6 Å². The van der Waals surface area contributed by atoms with E-state index in [9.17, 15) is 0 Å². The molecule has 4 heteroatoms. The Morgan fingerprint density at radius 3 is 2.45 bits per heavy atom. The van der Waals surface area contributed by atoms with Crippen LogP contribution in [0.25, 0.3) is 6.08 Å². The molecule has 2 rings (SSSR count). The van der Waals surface area contributed by atoms with Crippen molar-refractivity contribution < 1.29 is 0 Å². The third kappa shape index (κ3) is 3.51. The lowest BCUT2D eigenvalue weighted by Crippen LogP contribution is -2.31. The molecule has 0 aliphatic heterocycles. The first kappa shape index (κ1) is 15.3. The number of aromatic nitrogens is 2. The van der Waals surface area contributed by atoms with Crippen molar-refractivity contribution in [2.75, 3.05) is 5.32 Å². The maximum Gasteiger partial charge on any atom is 0.149 e. The van der Waals surface area contributed by atoms with Gasteiger partial charge < -0.3 is 5.32 Å². The van der Waals surface area contributed by atoms with Crippen molar-refractivity contribution in [1.29, 1.82) is 0 Å². The first-order valence-corrected chi connectivity index (χ1v) is 7.69. The van der Waals surface area contributed by atoms with E-state index in [1.807, 2.05) is 0 Å². The Hall–Kier alpha value is -1.09. The molecule has 1 aliphatic rings. The van der Waals surface area contributed by atoms with Crippen LogP contribution in [0.4, 0.5) is 5.82 Å². The molecule has 1 aliphatic carbocycles. The minimum atomic E-state index is 0.410. The Morgan fingerprint density at radius 2 is 1.90 bits per heavy atom. The van der Waals surface area contributed by atoms with E-state index in [-0.39, 0.29) is 0 Å². The van der Waals surface area contributed by atoms with Crippen molar-refractivity contribution in [3.63, 3.8) is 0 Å². The standard InChI is InChI=1S/C16H24ClN3/c1-5-13-14(17)15(19-10-18-13)20-12-8-6-11(7-9-12)16(2,3)4/h5,10-12H,1,6-9H2,2-4H3,(H,18,19,20). The molecule has 0 spiro atoms. The minimum absolute atomic E-state index is 0.410. The number of rotatable bonds is 3. The summed E-state index contributed by atoms with van der Waals surface area (Å²) in [5.41, 5.74) is 1.10. The second-order valence-electron chi connectivity index (χ2n) is 6.68. The Labute approximate surface area is 126 Å². The lowest BCUT2D eigenvalue weighted by Gasteiger charge is -2.37. The number of anilines is 1. The van der Waals surface area contributed by atoms with Crippen molar-refractivity contribution in [2.24, 2.45) is 11.3 Å². The molecule has 1 aromatic heterocycles. The monoisotopic (exact) mass is 293 g/mol. The van der Waals surface area contributed by atoms with Crippen LogP contribution < -0.4 is 5.32 Å². The highest BCUT2D eigenvalue weighted by molar-refractivity contribution is 6.34. The molecule has 0 amide bonds. The molecule has 0 bridgehead atoms. The normalized spacial score (nSPS) is 23.4. The Morgan fingerprint density at radius 1 is 1.25 bits per heavy atom. The first-order chi connectivity index (χ1) is 9.41. The van der Waals surface area contributed by atoms with Crippen molar-refractivity contribution in [3.8, 4) is 0 Å². The summed E-state index contributed by atoms with van der Waals surface area (Å²) in [6.45, 7) is 10.7. The third-order valence-electron chi connectivity index (χ3n) is 4.30. The van der Waals surface area contributed by atoms with Crippen molar-refractivity contribution >= 4 is 23.5 Å². The van der Waals surface area contributed by atoms with Gasteiger partial charge in [-0.25, -0.2) is 9.97 Å². The first-order valence-electron chi connectivity index (χ1n) is 7.31. The van der Waals surface area contributed by atoms with Crippen LogP contribution in [0, 0.1) is 11.3 Å². The van der Waals surface area contributed by atoms with Crippen molar-refractivity contribution in [2.45, 2.75) is 52.5 Å². The highest BCUT2D eigenvalue weighted by Gasteiger charge is 2.29. The van der Waals surface area contributed by atoms with Crippen molar-refractivity contribution in [3.05, 3.63) is 23.6 Å². The summed E-state index contributed by atoms with van der Waals surface area (Å²) in [4.78, 5) is 8.34. The zero-order chi connectivity index (χ0) is 14.8. The smallest absolute Gasteiger partial charge is 0.149 e. The maximum absolute atomic E-state index is 6.27. The minimum Gasteiger partial charge on any atom is -0.366 e. The fourth-order valence-corrected chi connectivity index (χ4v) is 3.15. The SMILES string of the molecule is C=Cc1ncnc(NC2CCC(C(C)(C)C)CC2)c1Cl. The van der Waals surface area contributed by atoms with Crippen LogP contribution in [0.1, 0.15) is 52.1 Å². The van der Waals surface area contributed by atoms with Gasteiger partial charge in [0.05, 0.1) is 5.69 Å². The van der Waals surface area contributed by atoms with Crippen LogP contribution in [0.5, 0.6) is 0 Å². The van der Waals surface area contributed by atoms with Crippen LogP contribution in [-0.2, 0) is 0 Å². The lowest BCUT2D eigenvalue weighted by atomic mass is 9.71. The molecule has 110 valence electrons. The number of nitrogens with zero attached hydrogens (tertiary/aromatic N) is 2. The molecule has 1 heterocycles. The van der Waals surface area contributed by atoms with Gasteiger partial charge in [-0.1, -0.05) is 39.0 Å². The summed E-state index contributed by atoms with van der Waals surface area (Å²) in [6, 6.07) is 0.457. The Kier molecular flexibility index (Phi) is 4.69. The van der Waals surface area contributed by atoms with Crippen molar-refractivity contribution in [1.82, 2.24) is 9.97 Å². The summed E-state index contributed by atoms with van der Waals surface area (Å²) < 4.78 is 0. The van der Waals surface area contributed by atoms with E-state index < -0.39 is 0 Å². The molecule has 20 heavy (non-hydrogen) atoms. The molecule has 1 N–H and O–H groups in total. The number of halogens is 1. The van der Waals surface area contributed by atoms with E-state index in [4.69, 9.17) is 11.6 Å². The molecule has 0 saturated heterocycles. The predicted molar refractivity (Wildman–Crippen MR) is 86.0 cm³/mol. The zero-order valence-corrected chi connectivity index (χ0v) is 13.4. The fourth-order valence-electron chi connectivity index (χ4n) is 2.92. The van der Waals surface area contributed by atoms with Gasteiger partial charge in [0.15, 0.2) is 0 Å². The molecular weight excluding hydrogens is 270 g/mol. The van der Waals surface area contributed by atoms with E-state index in [0.717, 1.165) is 11.7 Å². The lowest BCUT2D eigenvalue weighted by molar-refractivity contribution is 0.173.